The van der Waals surface area contributed by atoms with Crippen molar-refractivity contribution in [3.63, 3.8) is 0 Å². The fourth-order valence-corrected chi connectivity index (χ4v) is 1.04. The third-order valence-electron chi connectivity index (χ3n) is 1.59. The Balaban J connectivity index is -0.000000274. The molecule has 0 bridgehead atoms. The summed E-state index contributed by atoms with van der Waals surface area (Å²) in [4.78, 5) is 4.32. The lowest BCUT2D eigenvalue weighted by molar-refractivity contribution is 0.635. The van der Waals surface area contributed by atoms with Gasteiger partial charge in [-0.1, -0.05) is 67.9 Å². The fourth-order valence-electron chi connectivity index (χ4n) is 1.04. The SMILES string of the molecule is CC.CC.CCC.Cc1ccc(CC(C)C)nc1. The highest BCUT2D eigenvalue weighted by atomic mass is 14.7. The quantitative estimate of drug-likeness (QED) is 0.624. The molecule has 1 heteroatoms. The van der Waals surface area contributed by atoms with Gasteiger partial charge in [-0.25, -0.2) is 0 Å². The molecular formula is C17H35N. The van der Waals surface area contributed by atoms with Crippen LogP contribution in [-0.2, 0) is 6.42 Å². The van der Waals surface area contributed by atoms with Crippen LogP contribution in [0.1, 0.15) is 73.1 Å². The van der Waals surface area contributed by atoms with Crippen molar-refractivity contribution in [1.82, 2.24) is 4.98 Å². The number of hydrogen-bond acceptors (Lipinski definition) is 1. The molecule has 0 spiro atoms. The third kappa shape index (κ3) is 17.5. The number of hydrogen-bond donors (Lipinski definition) is 0. The van der Waals surface area contributed by atoms with Crippen molar-refractivity contribution in [1.29, 1.82) is 0 Å². The Morgan fingerprint density at radius 2 is 1.44 bits per heavy atom. The van der Waals surface area contributed by atoms with Gasteiger partial charge in [0.05, 0.1) is 0 Å². The van der Waals surface area contributed by atoms with Gasteiger partial charge in [-0.3, -0.25) is 4.98 Å². The summed E-state index contributed by atoms with van der Waals surface area (Å²) in [5, 5.41) is 0. The van der Waals surface area contributed by atoms with Crippen LogP contribution in [0.15, 0.2) is 18.3 Å². The summed E-state index contributed by atoms with van der Waals surface area (Å²) < 4.78 is 0. The Kier molecular flexibility index (Phi) is 23.0. The van der Waals surface area contributed by atoms with Crippen molar-refractivity contribution in [3.8, 4) is 0 Å². The van der Waals surface area contributed by atoms with E-state index in [1.54, 1.807) is 0 Å². The van der Waals surface area contributed by atoms with Crippen LogP contribution in [0.3, 0.4) is 0 Å². The summed E-state index contributed by atoms with van der Waals surface area (Å²) in [6.07, 6.45) is 4.26. The summed E-state index contributed by atoms with van der Waals surface area (Å²) in [5.74, 6) is 0.699. The van der Waals surface area contributed by atoms with Crippen LogP contribution in [0.5, 0.6) is 0 Å². The maximum Gasteiger partial charge on any atom is 0.0406 e. The topological polar surface area (TPSA) is 12.9 Å². The van der Waals surface area contributed by atoms with Crippen LogP contribution in [0.2, 0.25) is 0 Å². The van der Waals surface area contributed by atoms with Gasteiger partial charge >= 0.3 is 0 Å². The minimum atomic E-state index is 0.699. The van der Waals surface area contributed by atoms with Gasteiger partial charge in [0.15, 0.2) is 0 Å². The van der Waals surface area contributed by atoms with E-state index in [0.717, 1.165) is 6.42 Å². The lowest BCUT2D eigenvalue weighted by Crippen LogP contribution is -1.96. The lowest BCUT2D eigenvalue weighted by Gasteiger charge is -2.02. The van der Waals surface area contributed by atoms with E-state index in [1.807, 2.05) is 33.9 Å². The lowest BCUT2D eigenvalue weighted by atomic mass is 10.1. The summed E-state index contributed by atoms with van der Waals surface area (Å²) in [6, 6.07) is 4.22. The highest BCUT2D eigenvalue weighted by Gasteiger charge is 1.97. The van der Waals surface area contributed by atoms with Crippen molar-refractivity contribution >= 4 is 0 Å². The van der Waals surface area contributed by atoms with Gasteiger partial charge in [-0.15, -0.1) is 0 Å². The third-order valence-corrected chi connectivity index (χ3v) is 1.59. The van der Waals surface area contributed by atoms with E-state index < -0.39 is 0 Å². The van der Waals surface area contributed by atoms with E-state index in [1.165, 1.54) is 17.7 Å². The maximum atomic E-state index is 4.32. The second-order valence-electron chi connectivity index (χ2n) is 4.13. The first-order valence-electron chi connectivity index (χ1n) is 7.51. The molecule has 0 saturated carbocycles. The first kappa shape index (κ1) is 22.3. The van der Waals surface area contributed by atoms with Crippen LogP contribution in [0, 0.1) is 12.8 Å². The molecule has 0 aliphatic rings. The molecule has 0 fully saturated rings. The number of aromatic nitrogens is 1. The number of rotatable bonds is 2. The summed E-state index contributed by atoms with van der Waals surface area (Å²) in [6.45, 7) is 18.7. The monoisotopic (exact) mass is 253 g/mol. The molecule has 1 heterocycles. The second kappa shape index (κ2) is 18.5. The summed E-state index contributed by atoms with van der Waals surface area (Å²) >= 11 is 0. The normalized spacial score (nSPS) is 8.11. The molecule has 18 heavy (non-hydrogen) atoms. The highest BCUT2D eigenvalue weighted by Crippen LogP contribution is 2.05. The van der Waals surface area contributed by atoms with Gasteiger partial charge < -0.3 is 0 Å². The van der Waals surface area contributed by atoms with E-state index >= 15 is 0 Å². The maximum absolute atomic E-state index is 4.32. The zero-order valence-corrected chi connectivity index (χ0v) is 14.2. The van der Waals surface area contributed by atoms with Crippen molar-refractivity contribution in [2.75, 3.05) is 0 Å². The van der Waals surface area contributed by atoms with Crippen LogP contribution in [0.25, 0.3) is 0 Å². The van der Waals surface area contributed by atoms with Crippen LogP contribution >= 0.6 is 0 Å². The van der Waals surface area contributed by atoms with E-state index in [-0.39, 0.29) is 0 Å². The molecule has 0 radical (unpaired) electrons. The first-order valence-corrected chi connectivity index (χ1v) is 7.51. The largest absolute Gasteiger partial charge is 0.261 e. The molecule has 1 rings (SSSR count). The molecule has 108 valence electrons. The molecule has 1 nitrogen and oxygen atoms in total. The number of pyridine rings is 1. The minimum absolute atomic E-state index is 0.699. The molecule has 0 N–H and O–H groups in total. The molecule has 0 aromatic carbocycles. The zero-order valence-electron chi connectivity index (χ0n) is 14.2. The van der Waals surface area contributed by atoms with Crippen molar-refractivity contribution in [2.45, 2.75) is 75.2 Å². The second-order valence-corrected chi connectivity index (χ2v) is 4.13. The fraction of sp³-hybridized carbons (Fsp3) is 0.706. The molecule has 0 saturated heterocycles. The van der Waals surface area contributed by atoms with Gasteiger partial charge in [0, 0.05) is 11.9 Å². The number of nitrogens with zero attached hydrogens (tertiary/aromatic N) is 1. The molecule has 0 aliphatic heterocycles. The van der Waals surface area contributed by atoms with Gasteiger partial charge in [0.1, 0.15) is 0 Å². The standard InChI is InChI=1S/C10H15N.C3H8.2C2H6/c1-8(2)6-10-5-4-9(3)7-11-10;1-3-2;2*1-2/h4-5,7-8H,6H2,1-3H3;3H2,1-2H3;2*1-2H3. The van der Waals surface area contributed by atoms with Gasteiger partial charge in [-0.2, -0.15) is 0 Å². The predicted molar refractivity (Wildman–Crippen MR) is 86.2 cm³/mol. The smallest absolute Gasteiger partial charge is 0.0406 e. The van der Waals surface area contributed by atoms with Gasteiger partial charge in [0.2, 0.25) is 0 Å². The molecule has 0 aliphatic carbocycles. The Labute approximate surface area is 116 Å². The molecule has 1 aromatic heterocycles. The van der Waals surface area contributed by atoms with Crippen LogP contribution in [0.4, 0.5) is 0 Å². The van der Waals surface area contributed by atoms with Crippen molar-refractivity contribution in [2.24, 2.45) is 5.92 Å². The Bertz CT molecular complexity index is 224. The zero-order chi connectivity index (χ0) is 15.0. The van der Waals surface area contributed by atoms with E-state index in [2.05, 4.69) is 51.7 Å². The first-order chi connectivity index (χ1) is 8.60. The van der Waals surface area contributed by atoms with Gasteiger partial charge in [-0.05, 0) is 30.9 Å². The Morgan fingerprint density at radius 1 is 1.00 bits per heavy atom. The molecule has 1 aromatic rings. The average Bonchev–Trinajstić information content (AvgIpc) is 2.38. The average molecular weight is 253 g/mol. The number of aryl methyl sites for hydroxylation is 1. The Hall–Kier alpha value is -0.850. The van der Waals surface area contributed by atoms with E-state index in [0.29, 0.717) is 5.92 Å². The summed E-state index contributed by atoms with van der Waals surface area (Å²) in [7, 11) is 0. The highest BCUT2D eigenvalue weighted by molar-refractivity contribution is 5.12. The van der Waals surface area contributed by atoms with Gasteiger partial charge in [0.25, 0.3) is 0 Å². The van der Waals surface area contributed by atoms with Crippen LogP contribution < -0.4 is 0 Å². The summed E-state index contributed by atoms with van der Waals surface area (Å²) in [5.41, 5.74) is 2.43. The van der Waals surface area contributed by atoms with E-state index in [4.69, 9.17) is 0 Å². The molecule has 0 unspecified atom stereocenters. The predicted octanol–water partition coefficient (Wildman–Crippen LogP) is 6.06. The Morgan fingerprint density at radius 3 is 1.72 bits per heavy atom. The van der Waals surface area contributed by atoms with Crippen molar-refractivity contribution in [3.05, 3.63) is 29.6 Å². The minimum Gasteiger partial charge on any atom is -0.261 e. The van der Waals surface area contributed by atoms with Crippen LogP contribution in [-0.4, -0.2) is 4.98 Å². The molecule has 0 amide bonds. The van der Waals surface area contributed by atoms with Crippen molar-refractivity contribution < 1.29 is 0 Å². The van der Waals surface area contributed by atoms with E-state index in [9.17, 15) is 0 Å². The molecular weight excluding hydrogens is 218 g/mol. The molecule has 0 atom stereocenters.